The highest BCUT2D eigenvalue weighted by Gasteiger charge is 2.27. The van der Waals surface area contributed by atoms with Crippen molar-refractivity contribution >= 4 is 9.84 Å². The summed E-state index contributed by atoms with van der Waals surface area (Å²) in [7, 11) is -3.37. The summed E-state index contributed by atoms with van der Waals surface area (Å²) in [4.78, 5) is 6.77. The lowest BCUT2D eigenvalue weighted by Gasteiger charge is -2.35. The zero-order valence-corrected chi connectivity index (χ0v) is 18.8. The second kappa shape index (κ2) is 11.3. The molecule has 0 saturated carbocycles. The van der Waals surface area contributed by atoms with Crippen LogP contribution in [0.15, 0.2) is 11.4 Å². The number of aliphatic hydroxyl groups excluding tert-OH is 1. The Kier molecular flexibility index (Phi) is 9.44. The fourth-order valence-corrected chi connectivity index (χ4v) is 5.53. The molecule has 6 nitrogen and oxygen atoms in total. The van der Waals surface area contributed by atoms with Crippen molar-refractivity contribution in [1.29, 1.82) is 0 Å². The van der Waals surface area contributed by atoms with Crippen molar-refractivity contribution in [3.05, 3.63) is 11.9 Å². The van der Waals surface area contributed by atoms with E-state index in [1.54, 1.807) is 6.20 Å². The van der Waals surface area contributed by atoms with Crippen LogP contribution >= 0.6 is 0 Å². The summed E-state index contributed by atoms with van der Waals surface area (Å²) in [5, 5.41) is 9.63. The van der Waals surface area contributed by atoms with Gasteiger partial charge in [-0.2, -0.15) is 0 Å². The Morgan fingerprint density at radius 1 is 1.29 bits per heavy atom. The van der Waals surface area contributed by atoms with Crippen molar-refractivity contribution in [2.75, 3.05) is 18.9 Å². The van der Waals surface area contributed by atoms with Crippen LogP contribution in [0.1, 0.15) is 77.8 Å². The predicted molar refractivity (Wildman–Crippen MR) is 113 cm³/mol. The molecule has 1 aliphatic heterocycles. The molecule has 0 amide bonds. The van der Waals surface area contributed by atoms with Crippen LogP contribution in [0.25, 0.3) is 0 Å². The van der Waals surface area contributed by atoms with Gasteiger partial charge in [0.15, 0.2) is 0 Å². The highest BCUT2D eigenvalue weighted by Crippen LogP contribution is 2.24. The summed E-state index contributed by atoms with van der Waals surface area (Å²) in [5.74, 6) is 0.679. The number of unbranched alkanes of at least 4 members (excludes halogenated alkanes) is 1. The third-order valence-electron chi connectivity index (χ3n) is 5.69. The molecule has 0 radical (unpaired) electrons. The normalized spacial score (nSPS) is 18.8. The standard InChI is InChI=1S/C21H39N3O3S/c1-4-5-13-24-20(17-23-12-7-6-10-19(23)11-14-25)16-22-21(24)28(26,27)15-8-9-18(2)3/h16,18-19,25H,4-15,17H2,1-3H3/t19-/m0/s1. The van der Waals surface area contributed by atoms with Crippen molar-refractivity contribution < 1.29 is 13.5 Å². The first kappa shape index (κ1) is 23.4. The van der Waals surface area contributed by atoms with Gasteiger partial charge in [-0.15, -0.1) is 0 Å². The maximum Gasteiger partial charge on any atom is 0.227 e. The van der Waals surface area contributed by atoms with Crippen LogP contribution in [0.3, 0.4) is 0 Å². The van der Waals surface area contributed by atoms with E-state index < -0.39 is 9.84 Å². The van der Waals surface area contributed by atoms with E-state index in [1.165, 1.54) is 6.42 Å². The number of aromatic nitrogens is 2. The third kappa shape index (κ3) is 6.56. The van der Waals surface area contributed by atoms with E-state index in [0.717, 1.165) is 50.8 Å². The molecule has 1 N–H and O–H groups in total. The molecule has 0 unspecified atom stereocenters. The first-order valence-corrected chi connectivity index (χ1v) is 12.7. The van der Waals surface area contributed by atoms with E-state index in [9.17, 15) is 13.5 Å². The largest absolute Gasteiger partial charge is 0.396 e. The Morgan fingerprint density at radius 3 is 2.75 bits per heavy atom. The van der Waals surface area contributed by atoms with Gasteiger partial charge < -0.3 is 9.67 Å². The zero-order chi connectivity index (χ0) is 20.6. The first-order valence-electron chi connectivity index (χ1n) is 11.0. The minimum atomic E-state index is -3.37. The fourth-order valence-electron chi connectivity index (χ4n) is 4.05. The lowest BCUT2D eigenvalue weighted by atomic mass is 9.99. The summed E-state index contributed by atoms with van der Waals surface area (Å²) in [6, 6.07) is 0.374. The molecule has 0 aliphatic carbocycles. The molecule has 2 rings (SSSR count). The van der Waals surface area contributed by atoms with Gasteiger partial charge in [-0.3, -0.25) is 4.90 Å². The topological polar surface area (TPSA) is 75.4 Å². The van der Waals surface area contributed by atoms with Crippen LogP contribution in [0.4, 0.5) is 0 Å². The summed E-state index contributed by atoms with van der Waals surface area (Å²) in [6.45, 7) is 8.97. The molecule has 2 heterocycles. The van der Waals surface area contributed by atoms with E-state index in [0.29, 0.717) is 31.5 Å². The lowest BCUT2D eigenvalue weighted by molar-refractivity contribution is 0.109. The quantitative estimate of drug-likeness (QED) is 0.566. The minimum absolute atomic E-state index is 0.171. The maximum atomic E-state index is 12.9. The average Bonchev–Trinajstić information content (AvgIpc) is 3.04. The number of hydrogen-bond donors (Lipinski definition) is 1. The second-order valence-corrected chi connectivity index (χ2v) is 10.5. The molecule has 0 spiro atoms. The van der Waals surface area contributed by atoms with E-state index in [4.69, 9.17) is 0 Å². The molecule has 1 fully saturated rings. The van der Waals surface area contributed by atoms with Crippen molar-refractivity contribution in [3.8, 4) is 0 Å². The van der Waals surface area contributed by atoms with Crippen LogP contribution in [-0.4, -0.2) is 52.9 Å². The van der Waals surface area contributed by atoms with Gasteiger partial charge in [0.25, 0.3) is 0 Å². The average molecular weight is 414 g/mol. The van der Waals surface area contributed by atoms with Crippen LogP contribution in [0.5, 0.6) is 0 Å². The van der Waals surface area contributed by atoms with Crippen LogP contribution in [0, 0.1) is 5.92 Å². The van der Waals surface area contributed by atoms with Gasteiger partial charge in [-0.05, 0) is 51.0 Å². The Bertz CT molecular complexity index is 683. The van der Waals surface area contributed by atoms with Crippen molar-refractivity contribution in [2.24, 2.45) is 5.92 Å². The number of nitrogens with zero attached hydrogens (tertiary/aromatic N) is 3. The van der Waals surface area contributed by atoms with E-state index in [2.05, 4.69) is 30.7 Å². The number of aliphatic hydroxyl groups is 1. The van der Waals surface area contributed by atoms with Gasteiger partial charge in [0.2, 0.25) is 15.0 Å². The molecule has 1 aromatic rings. The molecule has 162 valence electrons. The molecule has 0 bridgehead atoms. The van der Waals surface area contributed by atoms with Gasteiger partial charge in [-0.1, -0.05) is 33.6 Å². The minimum Gasteiger partial charge on any atom is -0.396 e. The summed E-state index contributed by atoms with van der Waals surface area (Å²) in [5.41, 5.74) is 0.987. The summed E-state index contributed by atoms with van der Waals surface area (Å²) in [6.07, 6.45) is 9.55. The van der Waals surface area contributed by atoms with Gasteiger partial charge in [0.05, 0.1) is 17.6 Å². The van der Waals surface area contributed by atoms with Gasteiger partial charge >= 0.3 is 0 Å². The highest BCUT2D eigenvalue weighted by atomic mass is 32.2. The maximum absolute atomic E-state index is 12.9. The van der Waals surface area contributed by atoms with E-state index in [-0.39, 0.29) is 17.5 Å². The molecule has 28 heavy (non-hydrogen) atoms. The van der Waals surface area contributed by atoms with Crippen LogP contribution in [0.2, 0.25) is 0 Å². The second-order valence-electron chi connectivity index (χ2n) is 8.52. The SMILES string of the molecule is CCCCn1c(CN2CCCC[C@H]2CCO)cnc1S(=O)(=O)CCCC(C)C. The van der Waals surface area contributed by atoms with E-state index in [1.807, 2.05) is 4.57 Å². The summed E-state index contributed by atoms with van der Waals surface area (Å²) < 4.78 is 27.8. The molecule has 1 aromatic heterocycles. The third-order valence-corrected chi connectivity index (χ3v) is 7.39. The Labute approximate surface area is 171 Å². The number of sulfone groups is 1. The van der Waals surface area contributed by atoms with Crippen molar-refractivity contribution in [1.82, 2.24) is 14.5 Å². The Balaban J connectivity index is 2.20. The Hall–Kier alpha value is -0.920. The van der Waals surface area contributed by atoms with Gasteiger partial charge in [-0.25, -0.2) is 13.4 Å². The van der Waals surface area contributed by atoms with Crippen LogP contribution < -0.4 is 0 Å². The highest BCUT2D eigenvalue weighted by molar-refractivity contribution is 7.91. The predicted octanol–water partition coefficient (Wildman–Crippen LogP) is 3.63. The lowest BCUT2D eigenvalue weighted by Crippen LogP contribution is -2.40. The summed E-state index contributed by atoms with van der Waals surface area (Å²) >= 11 is 0. The molecule has 1 saturated heterocycles. The number of piperidine rings is 1. The molecule has 1 atom stereocenters. The number of imidazole rings is 1. The molecular weight excluding hydrogens is 374 g/mol. The smallest absolute Gasteiger partial charge is 0.227 e. The fraction of sp³-hybridized carbons (Fsp3) is 0.857. The van der Waals surface area contributed by atoms with Crippen LogP contribution in [-0.2, 0) is 22.9 Å². The number of rotatable bonds is 12. The van der Waals surface area contributed by atoms with Crippen molar-refractivity contribution in [2.45, 2.75) is 96.4 Å². The van der Waals surface area contributed by atoms with Gasteiger partial charge in [0, 0.05) is 25.7 Å². The monoisotopic (exact) mass is 413 g/mol. The van der Waals surface area contributed by atoms with Crippen molar-refractivity contribution in [3.63, 3.8) is 0 Å². The van der Waals surface area contributed by atoms with E-state index >= 15 is 0 Å². The molecule has 7 heteroatoms. The molecule has 0 aromatic carbocycles. The number of likely N-dealkylation sites (tertiary alicyclic amines) is 1. The molecular formula is C21H39N3O3S. The zero-order valence-electron chi connectivity index (χ0n) is 17.9. The first-order chi connectivity index (χ1) is 13.4. The Morgan fingerprint density at radius 2 is 2.07 bits per heavy atom. The van der Waals surface area contributed by atoms with Gasteiger partial charge in [0.1, 0.15) is 0 Å². The number of hydrogen-bond acceptors (Lipinski definition) is 5. The molecule has 1 aliphatic rings.